The number of likely N-dealkylation sites (tertiary alicyclic amines) is 1. The van der Waals surface area contributed by atoms with Crippen molar-refractivity contribution in [2.24, 2.45) is 0 Å². The zero-order chi connectivity index (χ0) is 17.1. The van der Waals surface area contributed by atoms with Gasteiger partial charge in [0.2, 0.25) is 0 Å². The third kappa shape index (κ3) is 3.32. The number of carbonyl (C=O) groups excluding carboxylic acids is 2. The molecular weight excluding hydrogens is 306 g/mol. The molecule has 1 amide bonds. The van der Waals surface area contributed by atoms with E-state index in [1.807, 2.05) is 50.2 Å². The Hall–Kier alpha value is -2.63. The molecule has 1 aliphatic rings. The molecule has 0 unspecified atom stereocenters. The molecule has 2 aromatic rings. The van der Waals surface area contributed by atoms with Gasteiger partial charge >= 0.3 is 6.09 Å². The highest BCUT2D eigenvalue weighted by atomic mass is 16.6. The van der Waals surface area contributed by atoms with Gasteiger partial charge in [0.05, 0.1) is 5.69 Å². The number of benzene rings is 1. The predicted octanol–water partition coefficient (Wildman–Crippen LogP) is 2.94. The Morgan fingerprint density at radius 1 is 1.25 bits per heavy atom. The van der Waals surface area contributed by atoms with Gasteiger partial charge < -0.3 is 4.74 Å². The van der Waals surface area contributed by atoms with Gasteiger partial charge in [0.1, 0.15) is 12.6 Å². The molecule has 0 spiro atoms. The van der Waals surface area contributed by atoms with E-state index in [1.54, 1.807) is 0 Å². The van der Waals surface area contributed by atoms with Crippen LogP contribution in [0.5, 0.6) is 0 Å². The van der Waals surface area contributed by atoms with Crippen LogP contribution in [-0.2, 0) is 11.3 Å². The summed E-state index contributed by atoms with van der Waals surface area (Å²) in [7, 11) is 0. The maximum atomic E-state index is 12.7. The van der Waals surface area contributed by atoms with Crippen molar-refractivity contribution in [2.75, 3.05) is 6.54 Å². The second kappa shape index (κ2) is 6.86. The molecule has 126 valence electrons. The van der Waals surface area contributed by atoms with Crippen LogP contribution < -0.4 is 0 Å². The van der Waals surface area contributed by atoms with E-state index in [2.05, 4.69) is 5.10 Å². The van der Waals surface area contributed by atoms with Crippen LogP contribution in [0.25, 0.3) is 0 Å². The number of hydrogen-bond donors (Lipinski definition) is 0. The molecule has 0 bridgehead atoms. The number of carbonyl (C=O) groups is 2. The second-order valence-electron chi connectivity index (χ2n) is 6.07. The lowest BCUT2D eigenvalue weighted by molar-refractivity contribution is 0.0660. The molecule has 1 aromatic heterocycles. The van der Waals surface area contributed by atoms with Crippen LogP contribution in [-0.4, -0.2) is 39.3 Å². The molecule has 0 N–H and O–H groups in total. The van der Waals surface area contributed by atoms with Crippen molar-refractivity contribution < 1.29 is 14.3 Å². The standard InChI is InChI=1S/C18H21N3O3/c1-13-11-14(2)21(19-13)17(22)16-9-6-10-20(16)18(23)24-12-15-7-4-3-5-8-15/h3-5,7-8,11,16H,6,9-10,12H2,1-2H3/t16-/m0/s1. The van der Waals surface area contributed by atoms with E-state index in [4.69, 9.17) is 4.74 Å². The molecular formula is C18H21N3O3. The van der Waals surface area contributed by atoms with Gasteiger partial charge in [-0.15, -0.1) is 0 Å². The molecule has 0 radical (unpaired) electrons. The van der Waals surface area contributed by atoms with Crippen LogP contribution in [0.1, 0.15) is 34.6 Å². The summed E-state index contributed by atoms with van der Waals surface area (Å²) in [6.45, 7) is 4.42. The number of ether oxygens (including phenoxy) is 1. The van der Waals surface area contributed by atoms with Gasteiger partial charge in [-0.3, -0.25) is 9.69 Å². The van der Waals surface area contributed by atoms with Crippen LogP contribution in [0.2, 0.25) is 0 Å². The topological polar surface area (TPSA) is 64.4 Å². The Bertz CT molecular complexity index is 739. The van der Waals surface area contributed by atoms with Crippen molar-refractivity contribution >= 4 is 12.0 Å². The van der Waals surface area contributed by atoms with Gasteiger partial charge in [0.15, 0.2) is 0 Å². The summed E-state index contributed by atoms with van der Waals surface area (Å²) in [4.78, 5) is 26.6. The Labute approximate surface area is 141 Å². The van der Waals surface area contributed by atoms with Gasteiger partial charge in [-0.05, 0) is 38.3 Å². The third-order valence-corrected chi connectivity index (χ3v) is 4.20. The minimum atomic E-state index is -0.508. The summed E-state index contributed by atoms with van der Waals surface area (Å²) in [5, 5.41) is 4.23. The fraction of sp³-hybridized carbons (Fsp3) is 0.389. The Morgan fingerprint density at radius 3 is 2.67 bits per heavy atom. The smallest absolute Gasteiger partial charge is 0.410 e. The molecule has 2 heterocycles. The van der Waals surface area contributed by atoms with E-state index in [-0.39, 0.29) is 12.5 Å². The molecule has 1 atom stereocenters. The Morgan fingerprint density at radius 2 is 2.00 bits per heavy atom. The van der Waals surface area contributed by atoms with E-state index in [1.165, 1.54) is 9.58 Å². The first-order chi connectivity index (χ1) is 11.6. The number of hydrogen-bond acceptors (Lipinski definition) is 4. The summed E-state index contributed by atoms with van der Waals surface area (Å²) in [6.07, 6.45) is 0.976. The maximum Gasteiger partial charge on any atom is 0.410 e. The van der Waals surface area contributed by atoms with Crippen LogP contribution in [0, 0.1) is 13.8 Å². The first-order valence-corrected chi connectivity index (χ1v) is 8.11. The minimum Gasteiger partial charge on any atom is -0.445 e. The lowest BCUT2D eigenvalue weighted by atomic mass is 10.2. The number of amides is 1. The quantitative estimate of drug-likeness (QED) is 0.869. The average molecular weight is 327 g/mol. The highest BCUT2D eigenvalue weighted by Gasteiger charge is 2.36. The largest absolute Gasteiger partial charge is 0.445 e. The highest BCUT2D eigenvalue weighted by molar-refractivity contribution is 5.88. The van der Waals surface area contributed by atoms with Crippen LogP contribution in [0.3, 0.4) is 0 Å². The van der Waals surface area contributed by atoms with E-state index in [0.29, 0.717) is 13.0 Å². The number of aryl methyl sites for hydroxylation is 2. The summed E-state index contributed by atoms with van der Waals surface area (Å²) in [6, 6.07) is 10.8. The van der Waals surface area contributed by atoms with Crippen molar-refractivity contribution in [3.63, 3.8) is 0 Å². The van der Waals surface area contributed by atoms with Gasteiger partial charge in [0.25, 0.3) is 5.91 Å². The summed E-state index contributed by atoms with van der Waals surface area (Å²) < 4.78 is 6.76. The minimum absolute atomic E-state index is 0.172. The van der Waals surface area contributed by atoms with Crippen molar-refractivity contribution in [1.29, 1.82) is 0 Å². The first kappa shape index (κ1) is 16.2. The maximum absolute atomic E-state index is 12.7. The van der Waals surface area contributed by atoms with Crippen molar-refractivity contribution in [3.8, 4) is 0 Å². The van der Waals surface area contributed by atoms with Crippen molar-refractivity contribution in [3.05, 3.63) is 53.3 Å². The fourth-order valence-corrected chi connectivity index (χ4v) is 3.04. The molecule has 1 aliphatic heterocycles. The molecule has 6 nitrogen and oxygen atoms in total. The lowest BCUT2D eigenvalue weighted by Gasteiger charge is -2.23. The SMILES string of the molecule is Cc1cc(C)n(C(=O)[C@@H]2CCCN2C(=O)OCc2ccccc2)n1. The van der Waals surface area contributed by atoms with Crippen molar-refractivity contribution in [2.45, 2.75) is 39.3 Å². The molecule has 6 heteroatoms. The molecule has 0 saturated carbocycles. The van der Waals surface area contributed by atoms with Crippen LogP contribution >= 0.6 is 0 Å². The molecule has 0 aliphatic carbocycles. The van der Waals surface area contributed by atoms with Crippen LogP contribution in [0.15, 0.2) is 36.4 Å². The van der Waals surface area contributed by atoms with E-state index >= 15 is 0 Å². The van der Waals surface area contributed by atoms with E-state index in [0.717, 1.165) is 23.4 Å². The first-order valence-electron chi connectivity index (χ1n) is 8.11. The highest BCUT2D eigenvalue weighted by Crippen LogP contribution is 2.21. The molecule has 3 rings (SSSR count). The molecule has 1 fully saturated rings. The normalized spacial score (nSPS) is 17.1. The second-order valence-corrected chi connectivity index (χ2v) is 6.07. The van der Waals surface area contributed by atoms with Gasteiger partial charge in [-0.1, -0.05) is 30.3 Å². The van der Waals surface area contributed by atoms with E-state index in [9.17, 15) is 9.59 Å². The van der Waals surface area contributed by atoms with Gasteiger partial charge in [-0.2, -0.15) is 5.10 Å². The fourth-order valence-electron chi connectivity index (χ4n) is 3.04. The number of rotatable bonds is 3. The Kier molecular flexibility index (Phi) is 4.64. The zero-order valence-corrected chi connectivity index (χ0v) is 13.9. The van der Waals surface area contributed by atoms with Gasteiger partial charge in [-0.25, -0.2) is 9.48 Å². The third-order valence-electron chi connectivity index (χ3n) is 4.20. The number of aromatic nitrogens is 2. The molecule has 1 aromatic carbocycles. The van der Waals surface area contributed by atoms with E-state index < -0.39 is 12.1 Å². The molecule has 24 heavy (non-hydrogen) atoms. The van der Waals surface area contributed by atoms with Gasteiger partial charge in [0, 0.05) is 12.2 Å². The lowest BCUT2D eigenvalue weighted by Crippen LogP contribution is -2.43. The number of nitrogens with zero attached hydrogens (tertiary/aromatic N) is 3. The predicted molar refractivity (Wildman–Crippen MR) is 88.7 cm³/mol. The average Bonchev–Trinajstić information content (AvgIpc) is 3.19. The Balaban J connectivity index is 1.67. The monoisotopic (exact) mass is 327 g/mol. The summed E-state index contributed by atoms with van der Waals surface area (Å²) in [5.41, 5.74) is 2.49. The van der Waals surface area contributed by atoms with Crippen LogP contribution in [0.4, 0.5) is 4.79 Å². The summed E-state index contributed by atoms with van der Waals surface area (Å²) in [5.74, 6) is -0.172. The summed E-state index contributed by atoms with van der Waals surface area (Å²) >= 11 is 0. The molecule has 1 saturated heterocycles. The van der Waals surface area contributed by atoms with Crippen molar-refractivity contribution in [1.82, 2.24) is 14.7 Å². The zero-order valence-electron chi connectivity index (χ0n) is 13.9.